The summed E-state index contributed by atoms with van der Waals surface area (Å²) in [7, 11) is 0. The second-order valence-electron chi connectivity index (χ2n) is 7.42. The predicted octanol–water partition coefficient (Wildman–Crippen LogP) is 6.86. The van der Waals surface area contributed by atoms with Crippen molar-refractivity contribution < 1.29 is 13.9 Å². The van der Waals surface area contributed by atoms with Gasteiger partial charge in [-0.2, -0.15) is 0 Å². The van der Waals surface area contributed by atoms with Gasteiger partial charge < -0.3 is 14.5 Å². The van der Waals surface area contributed by atoms with E-state index in [0.717, 1.165) is 27.7 Å². The number of hydrogen-bond donors (Lipinski definition) is 1. The molecule has 2 atom stereocenters. The van der Waals surface area contributed by atoms with Crippen LogP contribution in [0.2, 0.25) is 0 Å². The molecule has 0 aliphatic carbocycles. The molecule has 3 aromatic rings. The van der Waals surface area contributed by atoms with Crippen LogP contribution in [-0.2, 0) is 6.61 Å². The van der Waals surface area contributed by atoms with Crippen LogP contribution in [-0.4, -0.2) is 5.91 Å². The molecule has 0 bridgehead atoms. The number of carbonyl (C=O) groups is 1. The highest BCUT2D eigenvalue weighted by Crippen LogP contribution is 2.23. The van der Waals surface area contributed by atoms with Gasteiger partial charge in [-0.3, -0.25) is 4.79 Å². The molecule has 0 saturated heterocycles. The number of nitrogens with one attached hydrogen (secondary N) is 1. The number of furan rings is 1. The van der Waals surface area contributed by atoms with Crippen molar-refractivity contribution in [1.29, 1.82) is 0 Å². The molecule has 0 radical (unpaired) electrons. The van der Waals surface area contributed by atoms with Crippen LogP contribution in [0.3, 0.4) is 0 Å². The number of halogens is 1. The van der Waals surface area contributed by atoms with Crippen LogP contribution in [0.15, 0.2) is 65.1 Å². The molecule has 0 spiro atoms. The maximum absolute atomic E-state index is 12.7. The molecule has 1 N–H and O–H groups in total. The Kier molecular flexibility index (Phi) is 7.96. The van der Waals surface area contributed by atoms with E-state index in [-0.39, 0.29) is 18.6 Å². The van der Waals surface area contributed by atoms with E-state index in [1.807, 2.05) is 24.3 Å². The van der Waals surface area contributed by atoms with E-state index in [0.29, 0.717) is 17.4 Å². The third-order valence-corrected chi connectivity index (χ3v) is 6.03. The highest BCUT2D eigenvalue weighted by Gasteiger charge is 2.17. The molecule has 0 aliphatic heterocycles. The minimum atomic E-state index is -0.214. The van der Waals surface area contributed by atoms with Gasteiger partial charge in [-0.25, -0.2) is 0 Å². The average Bonchev–Trinajstić information content (AvgIpc) is 3.26. The lowest BCUT2D eigenvalue weighted by Gasteiger charge is -2.18. The smallest absolute Gasteiger partial charge is 0.287 e. The lowest BCUT2D eigenvalue weighted by atomic mass is 9.95. The van der Waals surface area contributed by atoms with Crippen molar-refractivity contribution >= 4 is 28.5 Å². The molecule has 1 heterocycles. The van der Waals surface area contributed by atoms with Gasteiger partial charge >= 0.3 is 0 Å². The van der Waals surface area contributed by atoms with Gasteiger partial charge in [0.1, 0.15) is 18.1 Å². The molecule has 2 aromatic carbocycles. The van der Waals surface area contributed by atoms with E-state index >= 15 is 0 Å². The Hall–Kier alpha value is -2.28. The molecule has 4 nitrogen and oxygen atoms in total. The van der Waals surface area contributed by atoms with Gasteiger partial charge in [-0.05, 0) is 88.9 Å². The van der Waals surface area contributed by atoms with Gasteiger partial charge in [0.15, 0.2) is 5.76 Å². The summed E-state index contributed by atoms with van der Waals surface area (Å²) in [5.41, 5.74) is 2.43. The molecule has 5 heteroatoms. The van der Waals surface area contributed by atoms with Crippen LogP contribution in [0, 0.1) is 3.57 Å². The van der Waals surface area contributed by atoms with E-state index in [1.54, 1.807) is 12.1 Å². The summed E-state index contributed by atoms with van der Waals surface area (Å²) in [6, 6.07) is 19.7. The van der Waals surface area contributed by atoms with Crippen LogP contribution in [0.25, 0.3) is 0 Å². The summed E-state index contributed by atoms with van der Waals surface area (Å²) in [4.78, 5) is 12.7. The molecule has 1 amide bonds. The molecule has 3 rings (SSSR count). The largest absolute Gasteiger partial charge is 0.486 e. The monoisotopic (exact) mass is 517 g/mol. The quantitative estimate of drug-likeness (QED) is 0.316. The number of hydrogen-bond acceptors (Lipinski definition) is 3. The topological polar surface area (TPSA) is 51.5 Å². The van der Waals surface area contributed by atoms with E-state index in [2.05, 4.69) is 72.9 Å². The fraction of sp³-hybridized carbons (Fsp3) is 0.320. The number of amides is 1. The highest BCUT2D eigenvalue weighted by molar-refractivity contribution is 14.1. The molecule has 0 saturated carbocycles. The minimum absolute atomic E-state index is 0.0555. The number of ether oxygens (including phenoxy) is 1. The lowest BCUT2D eigenvalue weighted by Crippen LogP contribution is -2.27. The zero-order chi connectivity index (χ0) is 21.5. The Bertz CT molecular complexity index is 947. The van der Waals surface area contributed by atoms with Crippen molar-refractivity contribution in [3.8, 4) is 5.75 Å². The summed E-state index contributed by atoms with van der Waals surface area (Å²) in [5.74, 6) is 2.01. The highest BCUT2D eigenvalue weighted by atomic mass is 127. The Labute approximate surface area is 192 Å². The first-order chi connectivity index (χ1) is 14.5. The second kappa shape index (κ2) is 10.7. The van der Waals surface area contributed by atoms with Gasteiger partial charge in [-0.15, -0.1) is 0 Å². The SMILES string of the molecule is CCC(C)c1ccc(C(CC)NC(=O)c2ccc(COc3ccc(I)cc3)o2)cc1. The van der Waals surface area contributed by atoms with Crippen LogP contribution >= 0.6 is 22.6 Å². The third-order valence-electron chi connectivity index (χ3n) is 5.31. The standard InChI is InChI=1S/C25H28INO3/c1-4-17(3)18-6-8-19(9-7-18)23(5-2)27-25(28)24-15-14-22(30-24)16-29-21-12-10-20(26)11-13-21/h6-15,17,23H,4-5,16H2,1-3H3,(H,27,28). The molecular formula is C25H28INO3. The zero-order valence-electron chi connectivity index (χ0n) is 17.7. The normalized spacial score (nSPS) is 12.9. The summed E-state index contributed by atoms with van der Waals surface area (Å²) in [6.45, 7) is 6.76. The first kappa shape index (κ1) is 22.4. The third kappa shape index (κ3) is 5.88. The van der Waals surface area contributed by atoms with Crippen molar-refractivity contribution in [2.75, 3.05) is 0 Å². The molecule has 2 unspecified atom stereocenters. The zero-order valence-corrected chi connectivity index (χ0v) is 19.8. The molecule has 1 aromatic heterocycles. The predicted molar refractivity (Wildman–Crippen MR) is 128 cm³/mol. The van der Waals surface area contributed by atoms with E-state index in [9.17, 15) is 4.79 Å². The number of rotatable bonds is 9. The van der Waals surface area contributed by atoms with Crippen LogP contribution in [0.1, 0.15) is 73.0 Å². The maximum Gasteiger partial charge on any atom is 0.287 e. The summed E-state index contributed by atoms with van der Waals surface area (Å²) < 4.78 is 12.6. The molecule has 0 aliphatic rings. The molecule has 158 valence electrons. The van der Waals surface area contributed by atoms with Gasteiger partial charge in [0.05, 0.1) is 6.04 Å². The van der Waals surface area contributed by atoms with Crippen LogP contribution in [0.4, 0.5) is 0 Å². The van der Waals surface area contributed by atoms with E-state index in [1.165, 1.54) is 5.56 Å². The Balaban J connectivity index is 1.59. The first-order valence-corrected chi connectivity index (χ1v) is 11.5. The van der Waals surface area contributed by atoms with Gasteiger partial charge in [0.25, 0.3) is 5.91 Å². The Morgan fingerprint density at radius 2 is 1.63 bits per heavy atom. The van der Waals surface area contributed by atoms with Crippen molar-refractivity contribution in [3.05, 3.63) is 86.9 Å². The lowest BCUT2D eigenvalue weighted by molar-refractivity contribution is 0.0903. The van der Waals surface area contributed by atoms with Gasteiger partial charge in [0.2, 0.25) is 0 Å². The van der Waals surface area contributed by atoms with Crippen LogP contribution in [0.5, 0.6) is 5.75 Å². The second-order valence-corrected chi connectivity index (χ2v) is 8.66. The molecular weight excluding hydrogens is 489 g/mol. The van der Waals surface area contributed by atoms with Crippen molar-refractivity contribution in [2.24, 2.45) is 0 Å². The molecule has 0 fully saturated rings. The maximum atomic E-state index is 12.7. The summed E-state index contributed by atoms with van der Waals surface area (Å²) in [6.07, 6.45) is 1.92. The van der Waals surface area contributed by atoms with Crippen molar-refractivity contribution in [3.63, 3.8) is 0 Å². The van der Waals surface area contributed by atoms with Gasteiger partial charge in [-0.1, -0.05) is 45.0 Å². The van der Waals surface area contributed by atoms with E-state index < -0.39 is 0 Å². The molecule has 30 heavy (non-hydrogen) atoms. The van der Waals surface area contributed by atoms with E-state index in [4.69, 9.17) is 9.15 Å². The van der Waals surface area contributed by atoms with Crippen molar-refractivity contribution in [1.82, 2.24) is 5.32 Å². The fourth-order valence-corrected chi connectivity index (χ4v) is 3.57. The summed E-state index contributed by atoms with van der Waals surface area (Å²) in [5, 5.41) is 3.08. The first-order valence-electron chi connectivity index (χ1n) is 10.4. The minimum Gasteiger partial charge on any atom is -0.486 e. The van der Waals surface area contributed by atoms with Crippen molar-refractivity contribution in [2.45, 2.75) is 52.2 Å². The van der Waals surface area contributed by atoms with Gasteiger partial charge in [0, 0.05) is 3.57 Å². The number of benzene rings is 2. The Morgan fingerprint density at radius 1 is 0.967 bits per heavy atom. The fourth-order valence-electron chi connectivity index (χ4n) is 3.21. The average molecular weight is 517 g/mol. The number of carbonyl (C=O) groups excluding carboxylic acids is 1. The summed E-state index contributed by atoms with van der Waals surface area (Å²) >= 11 is 2.25. The Morgan fingerprint density at radius 3 is 2.27 bits per heavy atom. The van der Waals surface area contributed by atoms with Crippen LogP contribution < -0.4 is 10.1 Å².